The molecule has 1 N–H and O–H groups in total. The van der Waals surface area contributed by atoms with Crippen molar-refractivity contribution in [1.82, 2.24) is 9.78 Å². The predicted molar refractivity (Wildman–Crippen MR) is 76.3 cm³/mol. The highest BCUT2D eigenvalue weighted by molar-refractivity contribution is 7.90. The number of hydrogen-bond donors (Lipinski definition) is 1. The van der Waals surface area contributed by atoms with Crippen LogP contribution in [0.25, 0.3) is 0 Å². The van der Waals surface area contributed by atoms with Gasteiger partial charge in [-0.25, -0.2) is 12.8 Å². The van der Waals surface area contributed by atoms with Gasteiger partial charge in [0.15, 0.2) is 5.82 Å². The largest absolute Gasteiger partial charge is 0.305 e. The summed E-state index contributed by atoms with van der Waals surface area (Å²) in [6.07, 6.45) is 2.70. The second kappa shape index (κ2) is 6.04. The maximum Gasteiger partial charge on any atom is 0.256 e. The molecule has 0 spiro atoms. The molecule has 1 amide bonds. The molecule has 1 aromatic heterocycles. The lowest BCUT2D eigenvalue weighted by atomic mass is 10.2. The van der Waals surface area contributed by atoms with Gasteiger partial charge in [0.2, 0.25) is 0 Å². The highest BCUT2D eigenvalue weighted by Gasteiger charge is 2.09. The van der Waals surface area contributed by atoms with Crippen LogP contribution < -0.4 is 5.32 Å². The number of nitrogens with zero attached hydrogens (tertiary/aromatic N) is 2. The van der Waals surface area contributed by atoms with Gasteiger partial charge < -0.3 is 5.32 Å². The number of aryl methyl sites for hydroxylation is 1. The third-order valence-electron chi connectivity index (χ3n) is 2.66. The fourth-order valence-corrected chi connectivity index (χ4v) is 2.15. The summed E-state index contributed by atoms with van der Waals surface area (Å²) in [5.41, 5.74) is 0.181. The lowest BCUT2D eigenvalue weighted by Crippen LogP contribution is -2.14. The van der Waals surface area contributed by atoms with Crippen LogP contribution in [-0.2, 0) is 16.4 Å². The first-order valence-electron chi connectivity index (χ1n) is 6.11. The minimum absolute atomic E-state index is 0.0358. The topological polar surface area (TPSA) is 81.1 Å². The fourth-order valence-electron chi connectivity index (χ4n) is 1.63. The number of amides is 1. The predicted octanol–water partition coefficient (Wildman–Crippen LogP) is 1.32. The molecule has 112 valence electrons. The summed E-state index contributed by atoms with van der Waals surface area (Å²) in [4.78, 5) is 11.9. The van der Waals surface area contributed by atoms with Crippen molar-refractivity contribution in [2.75, 3.05) is 17.3 Å². The molecule has 0 aliphatic heterocycles. The third kappa shape index (κ3) is 4.67. The molecular weight excluding hydrogens is 297 g/mol. The Morgan fingerprint density at radius 2 is 2.14 bits per heavy atom. The molecule has 1 aromatic carbocycles. The Morgan fingerprint density at radius 3 is 2.81 bits per heavy atom. The minimum atomic E-state index is -3.07. The molecule has 0 aliphatic carbocycles. The maximum absolute atomic E-state index is 13.0. The second-order valence-corrected chi connectivity index (χ2v) is 6.82. The van der Waals surface area contributed by atoms with E-state index in [1.165, 1.54) is 22.9 Å². The average molecular weight is 311 g/mol. The van der Waals surface area contributed by atoms with Crippen LogP contribution >= 0.6 is 0 Å². The molecule has 1 heterocycles. The first-order chi connectivity index (χ1) is 9.83. The summed E-state index contributed by atoms with van der Waals surface area (Å²) in [5, 5.41) is 6.54. The van der Waals surface area contributed by atoms with Crippen molar-refractivity contribution in [3.63, 3.8) is 0 Å². The molecule has 0 atom stereocenters. The van der Waals surface area contributed by atoms with Crippen LogP contribution in [0.15, 0.2) is 36.5 Å². The SMILES string of the molecule is CS(=O)(=O)CCn1ccc(NC(=O)c2cccc(F)c2)n1. The minimum Gasteiger partial charge on any atom is -0.305 e. The van der Waals surface area contributed by atoms with Gasteiger partial charge in [-0.2, -0.15) is 5.10 Å². The Bertz CT molecular complexity index is 756. The molecule has 0 unspecified atom stereocenters. The third-order valence-corrected chi connectivity index (χ3v) is 3.58. The maximum atomic E-state index is 13.0. The number of aromatic nitrogens is 2. The number of nitrogens with one attached hydrogen (secondary N) is 1. The zero-order chi connectivity index (χ0) is 15.5. The molecule has 2 aromatic rings. The summed E-state index contributed by atoms with van der Waals surface area (Å²) < 4.78 is 36.6. The van der Waals surface area contributed by atoms with Crippen LogP contribution in [0.3, 0.4) is 0 Å². The van der Waals surface area contributed by atoms with Gasteiger partial charge in [-0.15, -0.1) is 0 Å². The Hall–Kier alpha value is -2.22. The molecule has 0 saturated heterocycles. The zero-order valence-corrected chi connectivity index (χ0v) is 12.1. The summed E-state index contributed by atoms with van der Waals surface area (Å²) in [7, 11) is -3.07. The van der Waals surface area contributed by atoms with Gasteiger partial charge in [-0.3, -0.25) is 9.48 Å². The quantitative estimate of drug-likeness (QED) is 0.903. The molecule has 0 fully saturated rings. The lowest BCUT2D eigenvalue weighted by Gasteiger charge is -2.02. The number of halogens is 1. The van der Waals surface area contributed by atoms with E-state index in [9.17, 15) is 17.6 Å². The summed E-state index contributed by atoms with van der Waals surface area (Å²) in [6.45, 7) is 0.203. The number of anilines is 1. The second-order valence-electron chi connectivity index (χ2n) is 4.56. The van der Waals surface area contributed by atoms with Gasteiger partial charge in [0.1, 0.15) is 15.7 Å². The molecule has 2 rings (SSSR count). The molecular formula is C13H14FN3O3S. The number of carbonyl (C=O) groups is 1. The van der Waals surface area contributed by atoms with Gasteiger partial charge in [-0.1, -0.05) is 6.07 Å². The van der Waals surface area contributed by atoms with Crippen LogP contribution in [0.1, 0.15) is 10.4 Å². The number of sulfone groups is 1. The summed E-state index contributed by atoms with van der Waals surface area (Å²) in [5.74, 6) is -0.742. The van der Waals surface area contributed by atoms with E-state index in [-0.39, 0.29) is 23.7 Å². The summed E-state index contributed by atoms with van der Waals surface area (Å²) >= 11 is 0. The first kappa shape index (κ1) is 15.2. The smallest absolute Gasteiger partial charge is 0.256 e. The van der Waals surface area contributed by atoms with E-state index >= 15 is 0 Å². The van der Waals surface area contributed by atoms with E-state index in [0.29, 0.717) is 0 Å². The number of benzene rings is 1. The highest BCUT2D eigenvalue weighted by atomic mass is 32.2. The monoisotopic (exact) mass is 311 g/mol. The van der Waals surface area contributed by atoms with Gasteiger partial charge in [0.25, 0.3) is 5.91 Å². The number of carbonyl (C=O) groups excluding carboxylic acids is 1. The van der Waals surface area contributed by atoms with Crippen LogP contribution in [-0.4, -0.2) is 36.1 Å². The zero-order valence-electron chi connectivity index (χ0n) is 11.3. The van der Waals surface area contributed by atoms with E-state index in [1.54, 1.807) is 12.3 Å². The van der Waals surface area contributed by atoms with Crippen molar-refractivity contribution < 1.29 is 17.6 Å². The van der Waals surface area contributed by atoms with E-state index in [2.05, 4.69) is 10.4 Å². The summed E-state index contributed by atoms with van der Waals surface area (Å²) in [6, 6.07) is 6.83. The van der Waals surface area contributed by atoms with Crippen molar-refractivity contribution in [3.8, 4) is 0 Å². The molecule has 0 saturated carbocycles. The van der Waals surface area contributed by atoms with Crippen molar-refractivity contribution in [3.05, 3.63) is 47.9 Å². The number of rotatable bonds is 5. The van der Waals surface area contributed by atoms with E-state index in [1.807, 2.05) is 0 Å². The number of hydrogen-bond acceptors (Lipinski definition) is 4. The van der Waals surface area contributed by atoms with Crippen molar-refractivity contribution >= 4 is 21.6 Å². The molecule has 6 nitrogen and oxygen atoms in total. The van der Waals surface area contributed by atoms with Gasteiger partial charge in [0.05, 0.1) is 12.3 Å². The van der Waals surface area contributed by atoms with Gasteiger partial charge in [0, 0.05) is 24.1 Å². The standard InChI is InChI=1S/C13H14FN3O3S/c1-21(19,20)8-7-17-6-5-12(16-17)15-13(18)10-3-2-4-11(14)9-10/h2-6,9H,7-8H2,1H3,(H,15,16,18). The molecule has 21 heavy (non-hydrogen) atoms. The van der Waals surface area contributed by atoms with Gasteiger partial charge in [-0.05, 0) is 18.2 Å². The van der Waals surface area contributed by atoms with Gasteiger partial charge >= 0.3 is 0 Å². The van der Waals surface area contributed by atoms with Crippen molar-refractivity contribution in [2.24, 2.45) is 0 Å². The lowest BCUT2D eigenvalue weighted by molar-refractivity contribution is 0.102. The van der Waals surface area contributed by atoms with Crippen LogP contribution in [0, 0.1) is 5.82 Å². The Balaban J connectivity index is 2.01. The average Bonchev–Trinajstić information content (AvgIpc) is 2.83. The molecule has 0 radical (unpaired) electrons. The Kier molecular flexibility index (Phi) is 4.37. The Labute approximate surface area is 121 Å². The molecule has 8 heteroatoms. The Morgan fingerprint density at radius 1 is 1.38 bits per heavy atom. The molecule has 0 bridgehead atoms. The van der Waals surface area contributed by atoms with Crippen LogP contribution in [0.5, 0.6) is 0 Å². The first-order valence-corrected chi connectivity index (χ1v) is 8.18. The van der Waals surface area contributed by atoms with Crippen LogP contribution in [0.4, 0.5) is 10.2 Å². The fraction of sp³-hybridized carbons (Fsp3) is 0.231. The van der Waals surface area contributed by atoms with Crippen molar-refractivity contribution in [1.29, 1.82) is 0 Å². The van der Waals surface area contributed by atoms with Crippen molar-refractivity contribution in [2.45, 2.75) is 6.54 Å². The van der Waals surface area contributed by atoms with Crippen LogP contribution in [0.2, 0.25) is 0 Å². The highest BCUT2D eigenvalue weighted by Crippen LogP contribution is 2.08. The van der Waals surface area contributed by atoms with E-state index < -0.39 is 21.6 Å². The van der Waals surface area contributed by atoms with E-state index in [0.717, 1.165) is 12.3 Å². The molecule has 0 aliphatic rings. The van der Waals surface area contributed by atoms with E-state index in [4.69, 9.17) is 0 Å². The normalized spacial score (nSPS) is 11.3.